The van der Waals surface area contributed by atoms with Crippen molar-refractivity contribution in [1.29, 1.82) is 0 Å². The fourth-order valence-electron chi connectivity index (χ4n) is 0.433. The summed E-state index contributed by atoms with van der Waals surface area (Å²) in [6.07, 6.45) is 3.48. The van der Waals surface area contributed by atoms with Crippen molar-refractivity contribution in [3.05, 3.63) is 18.5 Å². The summed E-state index contributed by atoms with van der Waals surface area (Å²) in [6, 6.07) is 2.83. The van der Waals surface area contributed by atoms with Crippen molar-refractivity contribution in [2.24, 2.45) is 0 Å². The molecular weight excluding hydrogens is 216 g/mol. The van der Waals surface area contributed by atoms with E-state index in [9.17, 15) is 0 Å². The molecule has 1 aromatic heterocycles. The summed E-state index contributed by atoms with van der Waals surface area (Å²) in [5, 5.41) is 3.90. The maximum absolute atomic E-state index is 8.42. The van der Waals surface area contributed by atoms with Gasteiger partial charge in [0.1, 0.15) is 0 Å². The molecule has 0 fully saturated rings. The molecule has 1 rings (SSSR count). The minimum atomic E-state index is -0.1000. The topological polar surface area (TPSA) is 34.9 Å². The summed E-state index contributed by atoms with van der Waals surface area (Å²) < 4.78 is 10.2. The van der Waals surface area contributed by atoms with Crippen LogP contribution in [-0.2, 0) is 35.0 Å². The summed E-state index contributed by atoms with van der Waals surface area (Å²) in [6.45, 7) is 2.98. The van der Waals surface area contributed by atoms with Crippen molar-refractivity contribution in [3.63, 3.8) is 0 Å². The van der Waals surface area contributed by atoms with Gasteiger partial charge in [-0.1, -0.05) is 0 Å². The van der Waals surface area contributed by atoms with Crippen molar-refractivity contribution in [3.8, 4) is 0 Å². The second-order valence-electron chi connectivity index (χ2n) is 1.30. The van der Waals surface area contributed by atoms with E-state index in [0.717, 1.165) is 6.54 Å². The molecule has 0 unspecified atom stereocenters. The van der Waals surface area contributed by atoms with Gasteiger partial charge < -0.3 is 10.7 Å². The van der Waals surface area contributed by atoms with E-state index in [-0.39, 0.29) is 25.8 Å². The Morgan fingerprint density at radius 1 is 1.78 bits per heavy atom. The molecule has 0 N–H and O–H groups in total. The molecule has 1 heterocycles. The zero-order chi connectivity index (χ0) is 7.11. The number of aromatic nitrogens is 2. The van der Waals surface area contributed by atoms with Crippen LogP contribution < -0.4 is 0 Å². The first kappa shape index (κ1) is 8.93. The monoisotopic (exact) mass is 225 g/mol. The van der Waals surface area contributed by atoms with Crippen LogP contribution in [0.5, 0.6) is 0 Å². The van der Waals surface area contributed by atoms with E-state index in [1.54, 1.807) is 6.20 Å². The van der Waals surface area contributed by atoms with Crippen molar-refractivity contribution < 1.29 is 28.5 Å². The Kier molecular flexibility index (Phi) is 6.01. The second-order valence-corrected chi connectivity index (χ2v) is 1.30. The van der Waals surface area contributed by atoms with Crippen LogP contribution in [0.2, 0.25) is 0 Å². The van der Waals surface area contributed by atoms with Gasteiger partial charge in [0.15, 0.2) is 0 Å². The number of aryl methyl sites for hydroxylation is 1. The van der Waals surface area contributed by atoms with E-state index in [2.05, 4.69) is 11.2 Å². The molecule has 0 aliphatic rings. The summed E-state index contributed by atoms with van der Waals surface area (Å²) in [4.78, 5) is 0. The predicted molar refractivity (Wildman–Crippen MR) is 27.4 cm³/mol. The Hall–Kier alpha value is -0.0679. The van der Waals surface area contributed by atoms with E-state index >= 15 is 0 Å². The van der Waals surface area contributed by atoms with Gasteiger partial charge in [-0.15, -0.1) is 6.20 Å². The van der Waals surface area contributed by atoms with E-state index in [1.807, 2.05) is 17.8 Å². The fourth-order valence-corrected chi connectivity index (χ4v) is 0.433. The Morgan fingerprint density at radius 2 is 2.44 bits per heavy atom. The van der Waals surface area contributed by atoms with Gasteiger partial charge in [-0.25, -0.2) is 5.10 Å². The molecule has 4 heteroatoms. The summed E-state index contributed by atoms with van der Waals surface area (Å²) in [7, 11) is 0. The maximum atomic E-state index is 8.42. The molecule has 0 saturated heterocycles. The molecule has 0 saturated carbocycles. The van der Waals surface area contributed by atoms with Crippen LogP contribution in [0.15, 0.2) is 12.4 Å². The zero-order valence-electron chi connectivity index (χ0n) is 5.37. The van der Waals surface area contributed by atoms with Crippen LogP contribution in [0.1, 0.15) is 6.92 Å². The van der Waals surface area contributed by atoms with Gasteiger partial charge in [0.2, 0.25) is 0 Å². The molecule has 0 atom stereocenters. The van der Waals surface area contributed by atoms with Gasteiger partial charge in [0.05, 0.1) is 0 Å². The van der Waals surface area contributed by atoms with Crippen LogP contribution in [0.4, 0.5) is 0 Å². The van der Waals surface area contributed by atoms with E-state index in [0.29, 0.717) is 0 Å². The Morgan fingerprint density at radius 3 is 2.67 bits per heavy atom. The van der Waals surface area contributed by atoms with Gasteiger partial charge in [0.25, 0.3) is 0 Å². The van der Waals surface area contributed by atoms with E-state index in [4.69, 9.17) is 2.69 Å². The van der Waals surface area contributed by atoms with Crippen molar-refractivity contribution >= 4 is 0 Å². The average Bonchev–Trinajstić information content (AvgIpc) is 2.43. The van der Waals surface area contributed by atoms with Gasteiger partial charge in [0, 0.05) is 6.54 Å². The molecule has 1 aromatic rings. The van der Waals surface area contributed by atoms with E-state index < -0.39 is 0 Å². The number of hydrogen-bond donors (Lipinski definition) is 0. The molecule has 0 radical (unpaired) electrons. The molecule has 0 aliphatic carbocycles. The third-order valence-electron chi connectivity index (χ3n) is 0.828. The molecule has 3 nitrogen and oxygen atoms in total. The minimum absolute atomic E-state index is 0.1000. The van der Waals surface area contributed by atoms with Crippen LogP contribution in [0.3, 0.4) is 0 Å². The number of rotatable bonds is 1. The van der Waals surface area contributed by atoms with Gasteiger partial charge in [-0.05, 0) is 6.92 Å². The van der Waals surface area contributed by atoms with Crippen LogP contribution >= 0.6 is 0 Å². The number of hydrogen-bond acceptors (Lipinski definition) is 2. The fraction of sp³-hybridized carbons (Fsp3) is 0.400. The van der Waals surface area contributed by atoms with Gasteiger partial charge in [-0.2, -0.15) is 6.20 Å². The zero-order valence-corrected chi connectivity index (χ0v) is 9.41. The van der Waals surface area contributed by atoms with Gasteiger partial charge >= 0.3 is 28.5 Å². The third-order valence-corrected chi connectivity index (χ3v) is 0.828. The standard InChI is InChI=1S/C5H7N2.Cd.O/c1-2-7-5-3-4-6-7;;/h4-5H,2H2,1H3;;/q-1;;. The van der Waals surface area contributed by atoms with Crippen LogP contribution in [-0.4, -0.2) is 9.78 Å². The van der Waals surface area contributed by atoms with Crippen LogP contribution in [0, 0.1) is 6.07 Å². The Bertz CT molecular complexity index is 141. The van der Waals surface area contributed by atoms with Gasteiger partial charge in [-0.3, -0.25) is 0 Å². The first-order valence-corrected chi connectivity index (χ1v) is 4.25. The quantitative estimate of drug-likeness (QED) is 0.516. The van der Waals surface area contributed by atoms with Crippen molar-refractivity contribution in [2.75, 3.05) is 0 Å². The first-order valence-electron chi connectivity index (χ1n) is 2.61. The second kappa shape index (κ2) is 6.06. The molecule has 0 aliphatic heterocycles. The van der Waals surface area contributed by atoms with E-state index in [1.165, 1.54) is 0 Å². The normalized spacial score (nSPS) is 7.89. The average molecular weight is 224 g/mol. The third kappa shape index (κ3) is 3.50. The molecular formula is C5H7CdN2O-. The summed E-state index contributed by atoms with van der Waals surface area (Å²) in [5.41, 5.74) is 0. The van der Waals surface area contributed by atoms with Crippen molar-refractivity contribution in [1.82, 2.24) is 9.78 Å². The molecule has 9 heavy (non-hydrogen) atoms. The number of nitrogens with zero attached hydrogens (tertiary/aromatic N) is 2. The predicted octanol–water partition coefficient (Wildman–Crippen LogP) is 0.582. The molecule has 0 amide bonds. The van der Waals surface area contributed by atoms with Crippen LogP contribution in [0.25, 0.3) is 0 Å². The molecule has 46 valence electrons. The summed E-state index contributed by atoms with van der Waals surface area (Å²) in [5.74, 6) is 0. The first-order chi connectivity index (χ1) is 4.43. The van der Waals surface area contributed by atoms with Crippen molar-refractivity contribution in [2.45, 2.75) is 13.5 Å². The molecule has 0 aromatic carbocycles. The Labute approximate surface area is 70.2 Å². The SMILES string of the molecule is CCn1c[c-]cn1.[O]=[Cd]. The summed E-state index contributed by atoms with van der Waals surface area (Å²) >= 11 is -0.1000. The Balaban J connectivity index is 0.000000291. The molecule has 0 bridgehead atoms. The molecule has 0 spiro atoms.